The third-order valence-corrected chi connectivity index (χ3v) is 11.8. The standard InChI is InChI=1S/C48H57F4N7O5/c1-29-23-37-42(54-45(63-28-34-11-10-20-56(34)7)55-44(37)59-22-21-57(25-31(59)3)46(60)64-47(4,5)6)41(49)39(29)43-40(48(50,51)52)30(2)24-38(53-43)58(26-32-12-16-35(61-8)17-13-32)27-33-14-18-36(62-9)19-15-33/h12-19,23-24,31,34H,10-11,20-22,25-28H2,1-9H3/t31-,34-/m0/s1. The average Bonchev–Trinajstić information content (AvgIpc) is 3.66. The maximum Gasteiger partial charge on any atom is 0.418 e. The molecule has 2 aliphatic heterocycles. The molecule has 1 amide bonds. The lowest BCUT2D eigenvalue weighted by Crippen LogP contribution is -2.55. The normalized spacial score (nSPS) is 17.2. The number of hydrogen-bond acceptors (Lipinski definition) is 11. The van der Waals surface area contributed by atoms with E-state index in [0.29, 0.717) is 35.8 Å². The second-order valence-corrected chi connectivity index (χ2v) is 17.7. The first-order chi connectivity index (χ1) is 30.3. The van der Waals surface area contributed by atoms with Crippen molar-refractivity contribution in [3.8, 4) is 28.8 Å². The number of methoxy groups -OCH3 is 2. The fourth-order valence-corrected chi connectivity index (χ4v) is 8.49. The van der Waals surface area contributed by atoms with Crippen molar-refractivity contribution < 1.29 is 41.3 Å². The molecule has 5 aromatic rings. The number of rotatable bonds is 12. The maximum absolute atomic E-state index is 17.8. The van der Waals surface area contributed by atoms with Crippen molar-refractivity contribution in [3.05, 3.63) is 94.3 Å². The van der Waals surface area contributed by atoms with Crippen LogP contribution in [0.5, 0.6) is 17.5 Å². The molecule has 2 aromatic heterocycles. The molecule has 0 unspecified atom stereocenters. The van der Waals surface area contributed by atoms with Gasteiger partial charge in [0.1, 0.15) is 40.9 Å². The van der Waals surface area contributed by atoms with Crippen molar-refractivity contribution in [2.75, 3.05) is 63.9 Å². The highest BCUT2D eigenvalue weighted by molar-refractivity contribution is 5.95. The minimum atomic E-state index is -4.89. The summed E-state index contributed by atoms with van der Waals surface area (Å²) in [6.07, 6.45) is -3.44. The fourth-order valence-electron chi connectivity index (χ4n) is 8.49. The third-order valence-electron chi connectivity index (χ3n) is 11.8. The number of benzene rings is 3. The number of piperazine rings is 1. The zero-order chi connectivity index (χ0) is 46.1. The minimum Gasteiger partial charge on any atom is -0.497 e. The monoisotopic (exact) mass is 887 g/mol. The van der Waals surface area contributed by atoms with E-state index in [1.165, 1.54) is 13.0 Å². The summed E-state index contributed by atoms with van der Waals surface area (Å²) in [6.45, 7) is 12.8. The number of amides is 1. The fraction of sp³-hybridized carbons (Fsp3) is 0.458. The SMILES string of the molecule is COc1ccc(CN(Cc2ccc(OC)cc2)c2cc(C)c(C(F)(F)F)c(-c3c(C)cc4c(N5CCN(C(=O)OC(C)(C)C)C[C@@H]5C)nc(OC[C@@H]5CCCN5C)nc4c3F)n2)cc1. The Morgan fingerprint density at radius 3 is 2.02 bits per heavy atom. The quantitative estimate of drug-likeness (QED) is 0.112. The summed E-state index contributed by atoms with van der Waals surface area (Å²) < 4.78 is 86.3. The Morgan fingerprint density at radius 2 is 1.48 bits per heavy atom. The lowest BCUT2D eigenvalue weighted by molar-refractivity contribution is -0.137. The molecule has 4 heterocycles. The maximum atomic E-state index is 17.8. The summed E-state index contributed by atoms with van der Waals surface area (Å²) >= 11 is 0. The number of anilines is 2. The van der Waals surface area contributed by atoms with Crippen molar-refractivity contribution in [3.63, 3.8) is 0 Å². The van der Waals surface area contributed by atoms with Gasteiger partial charge in [-0.15, -0.1) is 0 Å². The Morgan fingerprint density at radius 1 is 0.859 bits per heavy atom. The van der Waals surface area contributed by atoms with E-state index in [1.807, 2.05) is 72.3 Å². The molecular formula is C48H57F4N7O5. The molecular weight excluding hydrogens is 831 g/mol. The molecule has 0 radical (unpaired) electrons. The number of ether oxygens (including phenoxy) is 4. The summed E-state index contributed by atoms with van der Waals surface area (Å²) in [5.41, 5.74) is -1.02. The molecule has 342 valence electrons. The van der Waals surface area contributed by atoms with Crippen LogP contribution in [0, 0.1) is 19.7 Å². The number of fused-ring (bicyclic) bond motifs is 1. The highest BCUT2D eigenvalue weighted by atomic mass is 19.4. The third kappa shape index (κ3) is 10.2. The van der Waals surface area contributed by atoms with Crippen LogP contribution < -0.4 is 24.0 Å². The van der Waals surface area contributed by atoms with Gasteiger partial charge in [-0.25, -0.2) is 14.2 Å². The number of carbonyl (C=O) groups is 1. The molecule has 0 bridgehead atoms. The van der Waals surface area contributed by atoms with Crippen LogP contribution >= 0.6 is 0 Å². The summed E-state index contributed by atoms with van der Waals surface area (Å²) in [5.74, 6) is 0.900. The van der Waals surface area contributed by atoms with Crippen LogP contribution in [0.2, 0.25) is 0 Å². The van der Waals surface area contributed by atoms with Crippen LogP contribution in [-0.2, 0) is 24.0 Å². The molecule has 2 aliphatic rings. The second-order valence-electron chi connectivity index (χ2n) is 17.7. The Balaban J connectivity index is 1.36. The number of aryl methyl sites for hydroxylation is 2. The first-order valence-electron chi connectivity index (χ1n) is 21.5. The van der Waals surface area contributed by atoms with Gasteiger partial charge in [-0.3, -0.25) is 0 Å². The lowest BCUT2D eigenvalue weighted by atomic mass is 9.95. The number of carbonyl (C=O) groups excluding carboxylic acids is 1. The first-order valence-corrected chi connectivity index (χ1v) is 21.5. The van der Waals surface area contributed by atoms with Gasteiger partial charge in [-0.05, 0) is 127 Å². The molecule has 0 aliphatic carbocycles. The van der Waals surface area contributed by atoms with Crippen molar-refractivity contribution in [2.45, 2.75) is 91.3 Å². The number of likely N-dealkylation sites (N-methyl/N-ethyl adjacent to an activating group) is 1. The molecule has 2 fully saturated rings. The van der Waals surface area contributed by atoms with E-state index < -0.39 is 34.9 Å². The van der Waals surface area contributed by atoms with Gasteiger partial charge in [-0.1, -0.05) is 24.3 Å². The van der Waals surface area contributed by atoms with E-state index in [9.17, 15) is 4.79 Å². The van der Waals surface area contributed by atoms with E-state index in [0.717, 1.165) is 30.5 Å². The van der Waals surface area contributed by atoms with Crippen molar-refractivity contribution >= 4 is 28.6 Å². The van der Waals surface area contributed by atoms with Crippen LogP contribution in [-0.4, -0.2) is 103 Å². The van der Waals surface area contributed by atoms with Gasteiger partial charge in [0.15, 0.2) is 5.82 Å². The van der Waals surface area contributed by atoms with Crippen molar-refractivity contribution in [2.24, 2.45) is 0 Å². The summed E-state index contributed by atoms with van der Waals surface area (Å²) in [6, 6.07) is 17.5. The molecule has 3 aromatic carbocycles. The van der Waals surface area contributed by atoms with Gasteiger partial charge < -0.3 is 38.5 Å². The Kier molecular flexibility index (Phi) is 13.5. The van der Waals surface area contributed by atoms with Crippen LogP contribution in [0.4, 0.5) is 34.0 Å². The topological polar surface area (TPSA) is 106 Å². The van der Waals surface area contributed by atoms with E-state index in [-0.39, 0.29) is 72.4 Å². The number of likely N-dealkylation sites (tertiary alicyclic amines) is 1. The average molecular weight is 888 g/mol. The van der Waals surface area contributed by atoms with Crippen LogP contribution in [0.25, 0.3) is 22.2 Å². The number of nitrogens with zero attached hydrogens (tertiary/aromatic N) is 7. The summed E-state index contributed by atoms with van der Waals surface area (Å²) in [4.78, 5) is 34.8. The minimum absolute atomic E-state index is 0.0838. The van der Waals surface area contributed by atoms with Gasteiger partial charge >= 0.3 is 18.3 Å². The number of aromatic nitrogens is 3. The molecule has 2 atom stereocenters. The van der Waals surface area contributed by atoms with Crippen LogP contribution in [0.1, 0.15) is 68.4 Å². The van der Waals surface area contributed by atoms with Crippen LogP contribution in [0.3, 0.4) is 0 Å². The molecule has 16 heteroatoms. The first kappa shape index (κ1) is 46.1. The Hall–Kier alpha value is -5.90. The molecule has 0 spiro atoms. The summed E-state index contributed by atoms with van der Waals surface area (Å²) in [7, 11) is 5.15. The summed E-state index contributed by atoms with van der Waals surface area (Å²) in [5, 5.41) is 0.295. The van der Waals surface area contributed by atoms with E-state index in [4.69, 9.17) is 28.9 Å². The molecule has 0 N–H and O–H groups in total. The van der Waals surface area contributed by atoms with Gasteiger partial charge in [0.25, 0.3) is 0 Å². The predicted octanol–water partition coefficient (Wildman–Crippen LogP) is 9.61. The Bertz CT molecular complexity index is 2410. The van der Waals surface area contributed by atoms with Gasteiger partial charge in [0.2, 0.25) is 0 Å². The predicted molar refractivity (Wildman–Crippen MR) is 239 cm³/mol. The largest absolute Gasteiger partial charge is 0.497 e. The number of hydrogen-bond donors (Lipinski definition) is 0. The van der Waals surface area contributed by atoms with Gasteiger partial charge in [0, 0.05) is 55.8 Å². The van der Waals surface area contributed by atoms with Crippen molar-refractivity contribution in [1.82, 2.24) is 24.8 Å². The second kappa shape index (κ2) is 18.7. The number of pyridine rings is 1. The zero-order valence-electron chi connectivity index (χ0n) is 38.0. The van der Waals surface area contributed by atoms with Gasteiger partial charge in [-0.2, -0.15) is 23.1 Å². The molecule has 64 heavy (non-hydrogen) atoms. The molecule has 0 saturated carbocycles. The van der Waals surface area contributed by atoms with E-state index in [1.54, 1.807) is 52.9 Å². The lowest BCUT2D eigenvalue weighted by Gasteiger charge is -2.41. The van der Waals surface area contributed by atoms with Gasteiger partial charge in [0.05, 0.1) is 25.5 Å². The highest BCUT2D eigenvalue weighted by Crippen LogP contribution is 2.44. The van der Waals surface area contributed by atoms with E-state index in [2.05, 4.69) is 9.88 Å². The van der Waals surface area contributed by atoms with Crippen LogP contribution in [0.15, 0.2) is 60.7 Å². The molecule has 7 rings (SSSR count). The zero-order valence-corrected chi connectivity index (χ0v) is 38.0. The molecule has 12 nitrogen and oxygen atoms in total. The number of halogens is 4. The van der Waals surface area contributed by atoms with Crippen molar-refractivity contribution in [1.29, 1.82) is 0 Å². The smallest absolute Gasteiger partial charge is 0.418 e. The van der Waals surface area contributed by atoms with E-state index >= 15 is 17.6 Å². The molecule has 2 saturated heterocycles. The number of alkyl halides is 3. The Labute approximate surface area is 372 Å². The highest BCUT2D eigenvalue weighted by Gasteiger charge is 2.39.